The van der Waals surface area contributed by atoms with Crippen LogP contribution < -0.4 is 5.32 Å². The maximum atomic E-state index is 11.7. The van der Waals surface area contributed by atoms with E-state index in [4.69, 9.17) is 5.11 Å². The Bertz CT molecular complexity index is 453. The number of aromatic nitrogens is 3. The molecule has 98 valence electrons. The first-order valence-corrected chi connectivity index (χ1v) is 6.05. The molecule has 0 radical (unpaired) electrons. The molecule has 1 aromatic heterocycles. The van der Waals surface area contributed by atoms with Crippen molar-refractivity contribution in [3.63, 3.8) is 0 Å². The second kappa shape index (κ2) is 5.16. The number of H-pyrrole nitrogens is 1. The summed E-state index contributed by atoms with van der Waals surface area (Å²) in [5.74, 6) is -0.691. The van der Waals surface area contributed by atoms with E-state index in [0.29, 0.717) is 12.3 Å². The molecule has 0 aromatic carbocycles. The number of hydrogen-bond acceptors (Lipinski definition) is 4. The normalized spacial score (nSPS) is 16.3. The van der Waals surface area contributed by atoms with Gasteiger partial charge in [0.1, 0.15) is 5.82 Å². The molecule has 7 nitrogen and oxygen atoms in total. The number of nitrogens with zero attached hydrogens (tertiary/aromatic N) is 2. The number of carbonyl (C=O) groups excluding carboxylic acids is 1. The molecule has 1 aromatic rings. The van der Waals surface area contributed by atoms with E-state index in [2.05, 4.69) is 20.5 Å². The van der Waals surface area contributed by atoms with Crippen molar-refractivity contribution in [3.05, 3.63) is 11.6 Å². The summed E-state index contributed by atoms with van der Waals surface area (Å²) in [6.07, 6.45) is 2.62. The van der Waals surface area contributed by atoms with Crippen molar-refractivity contribution in [3.8, 4) is 0 Å². The molecule has 18 heavy (non-hydrogen) atoms. The summed E-state index contributed by atoms with van der Waals surface area (Å²) in [6, 6.07) is 0. The van der Waals surface area contributed by atoms with Crippen LogP contribution in [0.1, 0.15) is 48.5 Å². The number of hydrogen-bond donors (Lipinski definition) is 3. The fourth-order valence-electron chi connectivity index (χ4n) is 1.62. The lowest BCUT2D eigenvalue weighted by atomic mass is 10.1. The average Bonchev–Trinajstić information content (AvgIpc) is 3.07. The van der Waals surface area contributed by atoms with Gasteiger partial charge in [0.05, 0.1) is 5.92 Å². The summed E-state index contributed by atoms with van der Waals surface area (Å²) in [4.78, 5) is 26.6. The fourth-order valence-corrected chi connectivity index (χ4v) is 1.62. The van der Waals surface area contributed by atoms with Crippen LogP contribution in [-0.2, 0) is 4.79 Å². The highest BCUT2D eigenvalue weighted by atomic mass is 16.4. The maximum absolute atomic E-state index is 11.7. The monoisotopic (exact) mass is 252 g/mol. The first kappa shape index (κ1) is 12.5. The molecule has 1 fully saturated rings. The Morgan fingerprint density at radius 2 is 2.28 bits per heavy atom. The van der Waals surface area contributed by atoms with Gasteiger partial charge in [0.25, 0.3) is 5.91 Å². The average molecular weight is 252 g/mol. The van der Waals surface area contributed by atoms with Gasteiger partial charge in [-0.1, -0.05) is 6.92 Å². The largest absolute Gasteiger partial charge is 0.481 e. The molecule has 0 bridgehead atoms. The van der Waals surface area contributed by atoms with Crippen LogP contribution in [0.15, 0.2) is 0 Å². The second-order valence-corrected chi connectivity index (χ2v) is 4.47. The topological polar surface area (TPSA) is 108 Å². The Balaban J connectivity index is 1.88. The highest BCUT2D eigenvalue weighted by Crippen LogP contribution is 2.37. The first-order chi connectivity index (χ1) is 8.61. The third kappa shape index (κ3) is 2.85. The summed E-state index contributed by atoms with van der Waals surface area (Å²) in [6.45, 7) is 1.86. The standard InChI is InChI=1S/C11H16N4O3/c1-2-6(11(17)18)5-12-10(16)9-13-8(14-15-9)7-3-4-7/h6-7H,2-5H2,1H3,(H,12,16)(H,17,18)(H,13,14,15). The summed E-state index contributed by atoms with van der Waals surface area (Å²) >= 11 is 0. The Labute approximate surface area is 104 Å². The zero-order chi connectivity index (χ0) is 13.1. The van der Waals surface area contributed by atoms with E-state index in [1.54, 1.807) is 6.92 Å². The molecule has 0 spiro atoms. The minimum absolute atomic E-state index is 0.0807. The summed E-state index contributed by atoms with van der Waals surface area (Å²) < 4.78 is 0. The number of aliphatic carboxylic acids is 1. The Hall–Kier alpha value is -1.92. The second-order valence-electron chi connectivity index (χ2n) is 4.47. The van der Waals surface area contributed by atoms with Gasteiger partial charge in [0, 0.05) is 12.5 Å². The molecule has 1 unspecified atom stereocenters. The van der Waals surface area contributed by atoms with Gasteiger partial charge < -0.3 is 10.4 Å². The molecular weight excluding hydrogens is 236 g/mol. The van der Waals surface area contributed by atoms with E-state index >= 15 is 0 Å². The van der Waals surface area contributed by atoms with Crippen LogP contribution >= 0.6 is 0 Å². The predicted molar refractivity (Wildman–Crippen MR) is 62.1 cm³/mol. The van der Waals surface area contributed by atoms with E-state index in [0.717, 1.165) is 18.7 Å². The smallest absolute Gasteiger partial charge is 0.308 e. The van der Waals surface area contributed by atoms with Crippen LogP contribution in [-0.4, -0.2) is 38.7 Å². The minimum Gasteiger partial charge on any atom is -0.481 e. The number of amides is 1. The maximum Gasteiger partial charge on any atom is 0.308 e. The lowest BCUT2D eigenvalue weighted by molar-refractivity contribution is -0.141. The number of carbonyl (C=O) groups is 2. The minimum atomic E-state index is -0.911. The van der Waals surface area contributed by atoms with Crippen molar-refractivity contribution in [2.45, 2.75) is 32.1 Å². The van der Waals surface area contributed by atoms with Crippen LogP contribution in [0.3, 0.4) is 0 Å². The van der Waals surface area contributed by atoms with Gasteiger partial charge in [0.2, 0.25) is 5.82 Å². The molecular formula is C11H16N4O3. The molecule has 2 rings (SSSR count). The Kier molecular flexibility index (Phi) is 3.59. The Morgan fingerprint density at radius 1 is 1.56 bits per heavy atom. The van der Waals surface area contributed by atoms with Crippen molar-refractivity contribution in [2.24, 2.45) is 5.92 Å². The number of carboxylic acid groups (broad SMARTS) is 1. The number of nitrogens with one attached hydrogen (secondary N) is 2. The molecule has 1 aliphatic carbocycles. The van der Waals surface area contributed by atoms with Crippen molar-refractivity contribution in [2.75, 3.05) is 6.54 Å². The molecule has 0 aliphatic heterocycles. The van der Waals surface area contributed by atoms with Crippen LogP contribution in [0.4, 0.5) is 0 Å². The van der Waals surface area contributed by atoms with Gasteiger partial charge in [-0.2, -0.15) is 0 Å². The quantitative estimate of drug-likeness (QED) is 0.684. The third-order valence-electron chi connectivity index (χ3n) is 3.02. The van der Waals surface area contributed by atoms with Crippen molar-refractivity contribution >= 4 is 11.9 Å². The van der Waals surface area contributed by atoms with Gasteiger partial charge in [0.15, 0.2) is 0 Å². The highest BCUT2D eigenvalue weighted by Gasteiger charge is 2.28. The fraction of sp³-hybridized carbons (Fsp3) is 0.636. The summed E-state index contributed by atoms with van der Waals surface area (Å²) in [5, 5.41) is 18.0. The lowest BCUT2D eigenvalue weighted by Crippen LogP contribution is -2.33. The van der Waals surface area contributed by atoms with E-state index < -0.39 is 17.8 Å². The van der Waals surface area contributed by atoms with Crippen molar-refractivity contribution in [1.29, 1.82) is 0 Å². The van der Waals surface area contributed by atoms with E-state index in [1.807, 2.05) is 0 Å². The molecule has 7 heteroatoms. The number of carboxylic acids is 1. The van der Waals surface area contributed by atoms with Crippen molar-refractivity contribution in [1.82, 2.24) is 20.5 Å². The van der Waals surface area contributed by atoms with Crippen molar-refractivity contribution < 1.29 is 14.7 Å². The zero-order valence-corrected chi connectivity index (χ0v) is 10.1. The molecule has 1 saturated carbocycles. The molecule has 1 amide bonds. The van der Waals surface area contributed by atoms with Crippen LogP contribution in [0.25, 0.3) is 0 Å². The molecule has 1 atom stereocenters. The van der Waals surface area contributed by atoms with Crippen LogP contribution in [0.5, 0.6) is 0 Å². The zero-order valence-electron chi connectivity index (χ0n) is 10.1. The molecule has 1 aliphatic rings. The molecule has 0 saturated heterocycles. The van der Waals surface area contributed by atoms with Gasteiger partial charge in [-0.3, -0.25) is 14.7 Å². The van der Waals surface area contributed by atoms with Gasteiger partial charge >= 0.3 is 5.97 Å². The first-order valence-electron chi connectivity index (χ1n) is 6.05. The Morgan fingerprint density at radius 3 is 2.83 bits per heavy atom. The molecule has 1 heterocycles. The van der Waals surface area contributed by atoms with E-state index in [9.17, 15) is 9.59 Å². The summed E-state index contributed by atoms with van der Waals surface area (Å²) in [5.41, 5.74) is 0. The van der Waals surface area contributed by atoms with E-state index in [-0.39, 0.29) is 12.4 Å². The SMILES string of the molecule is CCC(CNC(=O)c1n[nH]c(C2CC2)n1)C(=O)O. The number of rotatable bonds is 6. The number of aromatic amines is 1. The molecule has 3 N–H and O–H groups in total. The predicted octanol–water partition coefficient (Wildman–Crippen LogP) is 0.523. The van der Waals surface area contributed by atoms with Gasteiger partial charge in [-0.25, -0.2) is 4.98 Å². The third-order valence-corrected chi connectivity index (χ3v) is 3.02. The lowest BCUT2D eigenvalue weighted by Gasteiger charge is -2.09. The van der Waals surface area contributed by atoms with Crippen LogP contribution in [0, 0.1) is 5.92 Å². The van der Waals surface area contributed by atoms with Crippen LogP contribution in [0.2, 0.25) is 0 Å². The van der Waals surface area contributed by atoms with Gasteiger partial charge in [-0.05, 0) is 19.3 Å². The summed E-state index contributed by atoms with van der Waals surface area (Å²) in [7, 11) is 0. The van der Waals surface area contributed by atoms with Gasteiger partial charge in [-0.15, -0.1) is 5.10 Å². The highest BCUT2D eigenvalue weighted by molar-refractivity contribution is 5.90. The van der Waals surface area contributed by atoms with E-state index in [1.165, 1.54) is 0 Å².